The van der Waals surface area contributed by atoms with Gasteiger partial charge in [-0.2, -0.15) is 0 Å². The van der Waals surface area contributed by atoms with Crippen LogP contribution < -0.4 is 0 Å². The van der Waals surface area contributed by atoms with Gasteiger partial charge in [0.1, 0.15) is 0 Å². The standard InChI is InChI=1S/C19H29Br/c1-12-13(2)15(4)19(16(5)14(12)3)18(20)11-10-17-8-6-7-9-17/h17-18H,6-11H2,1-5H3. The van der Waals surface area contributed by atoms with Crippen LogP contribution in [0.15, 0.2) is 0 Å². The van der Waals surface area contributed by atoms with Crippen molar-refractivity contribution in [2.24, 2.45) is 5.92 Å². The highest BCUT2D eigenvalue weighted by molar-refractivity contribution is 9.09. The molecule has 0 radical (unpaired) electrons. The van der Waals surface area contributed by atoms with E-state index in [-0.39, 0.29) is 0 Å². The molecule has 1 heteroatoms. The van der Waals surface area contributed by atoms with E-state index in [9.17, 15) is 0 Å². The van der Waals surface area contributed by atoms with Gasteiger partial charge >= 0.3 is 0 Å². The molecule has 1 aliphatic carbocycles. The van der Waals surface area contributed by atoms with Gasteiger partial charge in [-0.1, -0.05) is 41.6 Å². The van der Waals surface area contributed by atoms with E-state index >= 15 is 0 Å². The molecule has 0 bridgehead atoms. The fraction of sp³-hybridized carbons (Fsp3) is 0.684. The molecule has 0 spiro atoms. The Morgan fingerprint density at radius 1 is 0.850 bits per heavy atom. The Kier molecular flexibility index (Phi) is 5.34. The van der Waals surface area contributed by atoms with Gasteiger partial charge in [0.25, 0.3) is 0 Å². The highest BCUT2D eigenvalue weighted by Crippen LogP contribution is 2.39. The van der Waals surface area contributed by atoms with Crippen molar-refractivity contribution in [1.29, 1.82) is 0 Å². The quantitative estimate of drug-likeness (QED) is 0.541. The molecule has 1 fully saturated rings. The summed E-state index contributed by atoms with van der Waals surface area (Å²) in [4.78, 5) is 0.529. The zero-order valence-corrected chi connectivity index (χ0v) is 15.4. The minimum Gasteiger partial charge on any atom is -0.0839 e. The molecule has 1 aromatic carbocycles. The first-order valence-electron chi connectivity index (χ1n) is 8.14. The Morgan fingerprint density at radius 3 is 1.80 bits per heavy atom. The van der Waals surface area contributed by atoms with Gasteiger partial charge in [-0.3, -0.25) is 0 Å². The van der Waals surface area contributed by atoms with Crippen molar-refractivity contribution in [2.75, 3.05) is 0 Å². The molecule has 1 aromatic rings. The van der Waals surface area contributed by atoms with Gasteiger partial charge in [0.05, 0.1) is 0 Å². The van der Waals surface area contributed by atoms with Crippen LogP contribution in [0.2, 0.25) is 0 Å². The van der Waals surface area contributed by atoms with Crippen LogP contribution in [0.4, 0.5) is 0 Å². The lowest BCUT2D eigenvalue weighted by Gasteiger charge is -2.23. The van der Waals surface area contributed by atoms with Crippen LogP contribution in [0.5, 0.6) is 0 Å². The van der Waals surface area contributed by atoms with Crippen LogP contribution in [0, 0.1) is 40.5 Å². The molecular formula is C19H29Br. The van der Waals surface area contributed by atoms with E-state index in [0.29, 0.717) is 4.83 Å². The van der Waals surface area contributed by atoms with Crippen LogP contribution >= 0.6 is 15.9 Å². The third kappa shape index (κ3) is 3.13. The van der Waals surface area contributed by atoms with E-state index in [2.05, 4.69) is 50.5 Å². The van der Waals surface area contributed by atoms with E-state index < -0.39 is 0 Å². The Labute approximate surface area is 133 Å². The van der Waals surface area contributed by atoms with E-state index in [4.69, 9.17) is 0 Å². The van der Waals surface area contributed by atoms with E-state index in [1.807, 2.05) is 0 Å². The molecule has 0 nitrogen and oxygen atoms in total. The largest absolute Gasteiger partial charge is 0.0839 e. The summed E-state index contributed by atoms with van der Waals surface area (Å²) in [6, 6.07) is 0. The second kappa shape index (κ2) is 6.64. The summed E-state index contributed by atoms with van der Waals surface area (Å²) in [6.45, 7) is 11.4. The molecule has 0 aliphatic heterocycles. The molecule has 0 aromatic heterocycles. The average molecular weight is 337 g/mol. The molecule has 112 valence electrons. The van der Waals surface area contributed by atoms with Gasteiger partial charge in [-0.05, 0) is 86.8 Å². The molecule has 0 amide bonds. The van der Waals surface area contributed by atoms with Crippen LogP contribution in [-0.4, -0.2) is 0 Å². The smallest absolute Gasteiger partial charge is 0.0400 e. The highest BCUT2D eigenvalue weighted by Gasteiger charge is 2.21. The number of hydrogen-bond acceptors (Lipinski definition) is 0. The van der Waals surface area contributed by atoms with E-state index in [0.717, 1.165) is 5.92 Å². The molecule has 0 N–H and O–H groups in total. The summed E-state index contributed by atoms with van der Waals surface area (Å²) < 4.78 is 0. The molecular weight excluding hydrogens is 308 g/mol. The molecule has 1 atom stereocenters. The summed E-state index contributed by atoms with van der Waals surface area (Å²) in [5.74, 6) is 0.989. The number of halogens is 1. The Bertz CT molecular complexity index is 452. The lowest BCUT2D eigenvalue weighted by Crippen LogP contribution is -2.06. The normalized spacial score (nSPS) is 17.7. The van der Waals surface area contributed by atoms with Crippen molar-refractivity contribution >= 4 is 15.9 Å². The molecule has 1 saturated carbocycles. The summed E-state index contributed by atoms with van der Waals surface area (Å²) >= 11 is 3.99. The fourth-order valence-electron chi connectivity index (χ4n) is 3.82. The Hall–Kier alpha value is -0.300. The van der Waals surface area contributed by atoms with Gasteiger partial charge in [-0.15, -0.1) is 0 Å². The topological polar surface area (TPSA) is 0 Å². The van der Waals surface area contributed by atoms with Crippen molar-refractivity contribution in [3.63, 3.8) is 0 Å². The first kappa shape index (κ1) is 16.1. The zero-order valence-electron chi connectivity index (χ0n) is 13.8. The van der Waals surface area contributed by atoms with Crippen molar-refractivity contribution in [3.8, 4) is 0 Å². The monoisotopic (exact) mass is 336 g/mol. The maximum atomic E-state index is 3.99. The van der Waals surface area contributed by atoms with Gasteiger partial charge < -0.3 is 0 Å². The Morgan fingerprint density at radius 2 is 1.30 bits per heavy atom. The number of rotatable bonds is 4. The molecule has 1 aliphatic rings. The zero-order chi connectivity index (χ0) is 14.9. The van der Waals surface area contributed by atoms with Crippen LogP contribution in [0.25, 0.3) is 0 Å². The van der Waals surface area contributed by atoms with Crippen LogP contribution in [-0.2, 0) is 0 Å². The SMILES string of the molecule is Cc1c(C)c(C)c(C(Br)CCC2CCCC2)c(C)c1C. The first-order chi connectivity index (χ1) is 9.43. The van der Waals surface area contributed by atoms with E-state index in [1.54, 1.807) is 5.56 Å². The minimum absolute atomic E-state index is 0.529. The number of hydrogen-bond donors (Lipinski definition) is 0. The van der Waals surface area contributed by atoms with Gasteiger partial charge in [0, 0.05) is 4.83 Å². The second-order valence-corrected chi connectivity index (χ2v) is 7.84. The maximum absolute atomic E-state index is 3.99. The predicted molar refractivity (Wildman–Crippen MR) is 93.0 cm³/mol. The third-order valence-corrected chi connectivity index (χ3v) is 6.59. The van der Waals surface area contributed by atoms with Gasteiger partial charge in [-0.25, -0.2) is 0 Å². The molecule has 20 heavy (non-hydrogen) atoms. The average Bonchev–Trinajstić information content (AvgIpc) is 2.94. The Balaban J connectivity index is 2.18. The number of alkyl halides is 1. The molecule has 1 unspecified atom stereocenters. The maximum Gasteiger partial charge on any atom is 0.0400 e. The summed E-state index contributed by atoms with van der Waals surface area (Å²) in [5.41, 5.74) is 8.99. The summed E-state index contributed by atoms with van der Waals surface area (Å²) in [6.07, 6.45) is 8.51. The molecule has 0 saturated heterocycles. The first-order valence-corrected chi connectivity index (χ1v) is 9.06. The minimum atomic E-state index is 0.529. The van der Waals surface area contributed by atoms with Gasteiger partial charge in [0.15, 0.2) is 0 Å². The molecule has 2 rings (SSSR count). The lowest BCUT2D eigenvalue weighted by molar-refractivity contribution is 0.482. The predicted octanol–water partition coefficient (Wildman–Crippen LogP) is 6.64. The van der Waals surface area contributed by atoms with Crippen molar-refractivity contribution in [1.82, 2.24) is 0 Å². The van der Waals surface area contributed by atoms with Crippen molar-refractivity contribution < 1.29 is 0 Å². The van der Waals surface area contributed by atoms with Gasteiger partial charge in [0.2, 0.25) is 0 Å². The second-order valence-electron chi connectivity index (χ2n) is 6.73. The lowest BCUT2D eigenvalue weighted by atomic mass is 9.86. The van der Waals surface area contributed by atoms with Crippen LogP contribution in [0.1, 0.15) is 76.7 Å². The summed E-state index contributed by atoms with van der Waals surface area (Å²) in [5, 5.41) is 0. The van der Waals surface area contributed by atoms with Crippen LogP contribution in [0.3, 0.4) is 0 Å². The van der Waals surface area contributed by atoms with Crippen molar-refractivity contribution in [2.45, 2.75) is 78.0 Å². The molecule has 0 heterocycles. The van der Waals surface area contributed by atoms with E-state index in [1.165, 1.54) is 66.3 Å². The highest BCUT2D eigenvalue weighted by atomic mass is 79.9. The summed E-state index contributed by atoms with van der Waals surface area (Å²) in [7, 11) is 0. The third-order valence-electron chi connectivity index (χ3n) is 5.67. The number of benzene rings is 1. The van der Waals surface area contributed by atoms with Crippen molar-refractivity contribution in [3.05, 3.63) is 33.4 Å². The fourth-order valence-corrected chi connectivity index (χ4v) is 4.78.